The lowest BCUT2D eigenvalue weighted by Gasteiger charge is -2.23. The molecule has 2 N–H and O–H groups in total. The number of nitrogens with one attached hydrogen (secondary N) is 2. The van der Waals surface area contributed by atoms with Gasteiger partial charge < -0.3 is 15.0 Å². The van der Waals surface area contributed by atoms with Gasteiger partial charge in [-0.25, -0.2) is 0 Å². The number of hydrogen-bond acceptors (Lipinski definition) is 3. The average molecular weight is 258 g/mol. The Hall–Kier alpha value is -1.65. The van der Waals surface area contributed by atoms with E-state index in [-0.39, 0.29) is 11.1 Å². The molecular formula is C15H18N2O2. The van der Waals surface area contributed by atoms with Gasteiger partial charge in [0.1, 0.15) is 0 Å². The monoisotopic (exact) mass is 258 g/mol. The van der Waals surface area contributed by atoms with E-state index in [1.54, 1.807) is 0 Å². The van der Waals surface area contributed by atoms with Crippen LogP contribution in [0.3, 0.4) is 0 Å². The van der Waals surface area contributed by atoms with E-state index in [2.05, 4.69) is 17.2 Å². The quantitative estimate of drug-likeness (QED) is 0.882. The second-order valence-electron chi connectivity index (χ2n) is 5.43. The van der Waals surface area contributed by atoms with Crippen LogP contribution in [0.15, 0.2) is 35.1 Å². The SMILES string of the molecule is CC1(NCc2cc3ccccc3[nH]c2=O)CCOC1. The van der Waals surface area contributed by atoms with Crippen molar-refractivity contribution in [3.8, 4) is 0 Å². The summed E-state index contributed by atoms with van der Waals surface area (Å²) >= 11 is 0. The van der Waals surface area contributed by atoms with Gasteiger partial charge in [0.15, 0.2) is 0 Å². The van der Waals surface area contributed by atoms with Crippen LogP contribution in [0.4, 0.5) is 0 Å². The minimum absolute atomic E-state index is 0.0158. The number of H-pyrrole nitrogens is 1. The van der Waals surface area contributed by atoms with Crippen molar-refractivity contribution in [1.82, 2.24) is 10.3 Å². The summed E-state index contributed by atoms with van der Waals surface area (Å²) in [5.41, 5.74) is 1.62. The Morgan fingerprint density at radius 1 is 1.42 bits per heavy atom. The Labute approximate surface area is 111 Å². The van der Waals surface area contributed by atoms with Crippen molar-refractivity contribution in [2.45, 2.75) is 25.4 Å². The Balaban J connectivity index is 1.84. The number of fused-ring (bicyclic) bond motifs is 1. The fourth-order valence-electron chi connectivity index (χ4n) is 2.44. The molecule has 0 amide bonds. The van der Waals surface area contributed by atoms with Crippen molar-refractivity contribution in [2.24, 2.45) is 0 Å². The molecule has 1 aromatic carbocycles. The molecule has 3 rings (SSSR count). The van der Waals surface area contributed by atoms with Crippen LogP contribution in [-0.4, -0.2) is 23.7 Å². The maximum absolute atomic E-state index is 12.0. The van der Waals surface area contributed by atoms with Gasteiger partial charge in [-0.2, -0.15) is 0 Å². The third-order valence-corrected chi connectivity index (χ3v) is 3.75. The molecule has 0 aliphatic carbocycles. The van der Waals surface area contributed by atoms with E-state index in [1.807, 2.05) is 30.3 Å². The van der Waals surface area contributed by atoms with Crippen LogP contribution in [0.2, 0.25) is 0 Å². The molecule has 1 saturated heterocycles. The van der Waals surface area contributed by atoms with Gasteiger partial charge in [-0.15, -0.1) is 0 Å². The van der Waals surface area contributed by atoms with Gasteiger partial charge in [0.25, 0.3) is 5.56 Å². The van der Waals surface area contributed by atoms with Gasteiger partial charge in [-0.05, 0) is 30.9 Å². The molecule has 19 heavy (non-hydrogen) atoms. The van der Waals surface area contributed by atoms with Gasteiger partial charge in [-0.3, -0.25) is 4.79 Å². The Bertz CT molecular complexity index is 642. The van der Waals surface area contributed by atoms with E-state index >= 15 is 0 Å². The first-order chi connectivity index (χ1) is 9.16. The maximum Gasteiger partial charge on any atom is 0.252 e. The average Bonchev–Trinajstić information content (AvgIpc) is 2.84. The number of rotatable bonds is 3. The molecular weight excluding hydrogens is 240 g/mol. The fourth-order valence-corrected chi connectivity index (χ4v) is 2.44. The predicted octanol–water partition coefficient (Wildman–Crippen LogP) is 1.80. The summed E-state index contributed by atoms with van der Waals surface area (Å²) < 4.78 is 5.40. The number of pyridine rings is 1. The van der Waals surface area contributed by atoms with Crippen LogP contribution >= 0.6 is 0 Å². The first-order valence-corrected chi connectivity index (χ1v) is 6.60. The molecule has 0 radical (unpaired) electrons. The summed E-state index contributed by atoms with van der Waals surface area (Å²) in [6, 6.07) is 9.78. The highest BCUT2D eigenvalue weighted by Crippen LogP contribution is 2.18. The maximum atomic E-state index is 12.0. The van der Waals surface area contributed by atoms with E-state index in [0.29, 0.717) is 13.2 Å². The second kappa shape index (κ2) is 4.79. The molecule has 1 aliphatic rings. The summed E-state index contributed by atoms with van der Waals surface area (Å²) in [4.78, 5) is 14.9. The summed E-state index contributed by atoms with van der Waals surface area (Å²) in [5, 5.41) is 4.50. The van der Waals surface area contributed by atoms with Crippen molar-refractivity contribution >= 4 is 10.9 Å². The molecule has 0 bridgehead atoms. The van der Waals surface area contributed by atoms with Crippen LogP contribution in [0.1, 0.15) is 18.9 Å². The first kappa shape index (κ1) is 12.4. The number of aromatic amines is 1. The summed E-state index contributed by atoms with van der Waals surface area (Å²) in [6.07, 6.45) is 0.985. The summed E-state index contributed by atoms with van der Waals surface area (Å²) in [7, 11) is 0. The Kier molecular flexibility index (Phi) is 3.12. The molecule has 4 heteroatoms. The van der Waals surface area contributed by atoms with Gasteiger partial charge >= 0.3 is 0 Å². The Morgan fingerprint density at radius 3 is 3.05 bits per heavy atom. The van der Waals surface area contributed by atoms with Crippen molar-refractivity contribution in [3.63, 3.8) is 0 Å². The molecule has 2 heterocycles. The van der Waals surface area contributed by atoms with E-state index in [9.17, 15) is 4.79 Å². The van der Waals surface area contributed by atoms with Crippen molar-refractivity contribution in [1.29, 1.82) is 0 Å². The normalized spacial score (nSPS) is 23.0. The lowest BCUT2D eigenvalue weighted by atomic mass is 10.0. The summed E-state index contributed by atoms with van der Waals surface area (Å²) in [5.74, 6) is 0. The lowest BCUT2D eigenvalue weighted by molar-refractivity contribution is 0.171. The van der Waals surface area contributed by atoms with Crippen LogP contribution in [0, 0.1) is 0 Å². The van der Waals surface area contributed by atoms with Gasteiger partial charge in [0, 0.05) is 29.8 Å². The zero-order valence-electron chi connectivity index (χ0n) is 11.0. The lowest BCUT2D eigenvalue weighted by Crippen LogP contribution is -2.43. The zero-order chi connectivity index (χ0) is 13.3. The zero-order valence-corrected chi connectivity index (χ0v) is 11.0. The third kappa shape index (κ3) is 2.55. The Morgan fingerprint density at radius 2 is 2.26 bits per heavy atom. The first-order valence-electron chi connectivity index (χ1n) is 6.60. The van der Waals surface area contributed by atoms with Crippen molar-refractivity contribution < 1.29 is 4.74 Å². The molecule has 1 aromatic heterocycles. The van der Waals surface area contributed by atoms with E-state index in [4.69, 9.17) is 4.74 Å². The smallest absolute Gasteiger partial charge is 0.252 e. The van der Waals surface area contributed by atoms with Gasteiger partial charge in [-0.1, -0.05) is 18.2 Å². The van der Waals surface area contributed by atoms with Crippen LogP contribution < -0.4 is 10.9 Å². The highest BCUT2D eigenvalue weighted by molar-refractivity contribution is 5.78. The van der Waals surface area contributed by atoms with E-state index < -0.39 is 0 Å². The minimum atomic E-state index is -0.0197. The third-order valence-electron chi connectivity index (χ3n) is 3.75. The predicted molar refractivity (Wildman–Crippen MR) is 75.2 cm³/mol. The molecule has 1 aliphatic heterocycles. The molecule has 1 fully saturated rings. The number of benzene rings is 1. The fraction of sp³-hybridized carbons (Fsp3) is 0.400. The van der Waals surface area contributed by atoms with Crippen LogP contribution in [0.25, 0.3) is 10.9 Å². The van der Waals surface area contributed by atoms with Crippen LogP contribution in [0.5, 0.6) is 0 Å². The van der Waals surface area contributed by atoms with E-state index in [0.717, 1.165) is 29.5 Å². The molecule has 1 atom stereocenters. The molecule has 0 spiro atoms. The second-order valence-corrected chi connectivity index (χ2v) is 5.43. The number of para-hydroxylation sites is 1. The van der Waals surface area contributed by atoms with Crippen LogP contribution in [-0.2, 0) is 11.3 Å². The van der Waals surface area contributed by atoms with E-state index in [1.165, 1.54) is 0 Å². The molecule has 0 saturated carbocycles. The molecule has 4 nitrogen and oxygen atoms in total. The van der Waals surface area contributed by atoms with Crippen molar-refractivity contribution in [3.05, 3.63) is 46.2 Å². The highest BCUT2D eigenvalue weighted by atomic mass is 16.5. The van der Waals surface area contributed by atoms with Gasteiger partial charge in [0.05, 0.1) is 6.61 Å². The topological polar surface area (TPSA) is 54.1 Å². The minimum Gasteiger partial charge on any atom is -0.379 e. The number of aromatic nitrogens is 1. The summed E-state index contributed by atoms with van der Waals surface area (Å²) in [6.45, 7) is 4.20. The number of hydrogen-bond donors (Lipinski definition) is 2. The highest BCUT2D eigenvalue weighted by Gasteiger charge is 2.28. The molecule has 2 aromatic rings. The number of ether oxygens (including phenoxy) is 1. The molecule has 100 valence electrons. The largest absolute Gasteiger partial charge is 0.379 e. The molecule has 1 unspecified atom stereocenters. The standard InChI is InChI=1S/C15H18N2O2/c1-15(6-7-19-10-15)16-9-12-8-11-4-2-3-5-13(11)17-14(12)18/h2-5,8,16H,6-7,9-10H2,1H3,(H,17,18). The van der Waals surface area contributed by atoms with Gasteiger partial charge in [0.2, 0.25) is 0 Å². The van der Waals surface area contributed by atoms with Crippen molar-refractivity contribution in [2.75, 3.05) is 13.2 Å².